The largest absolute Gasteiger partial charge is 0.390 e. The van der Waals surface area contributed by atoms with Gasteiger partial charge in [0.15, 0.2) is 0 Å². The van der Waals surface area contributed by atoms with E-state index in [-0.39, 0.29) is 11.9 Å². The first-order chi connectivity index (χ1) is 4.57. The number of halogens is 1. The SMILES string of the molecule is CC(C)CC(N)C(O)CCl. The molecule has 0 rings (SSSR count). The van der Waals surface area contributed by atoms with E-state index >= 15 is 0 Å². The Bertz CT molecular complexity index is 87.7. The Labute approximate surface area is 67.4 Å². The van der Waals surface area contributed by atoms with Crippen LogP contribution in [0.5, 0.6) is 0 Å². The van der Waals surface area contributed by atoms with Crippen molar-refractivity contribution in [2.75, 3.05) is 5.88 Å². The standard InChI is InChI=1S/C7H16ClNO/c1-5(2)3-6(9)7(10)4-8/h5-7,10H,3-4,9H2,1-2H3. The molecular weight excluding hydrogens is 150 g/mol. The fourth-order valence-corrected chi connectivity index (χ4v) is 1.04. The molecule has 0 spiro atoms. The van der Waals surface area contributed by atoms with E-state index in [0.29, 0.717) is 5.92 Å². The van der Waals surface area contributed by atoms with E-state index in [9.17, 15) is 0 Å². The Morgan fingerprint density at radius 1 is 1.50 bits per heavy atom. The molecule has 0 heterocycles. The van der Waals surface area contributed by atoms with E-state index in [0.717, 1.165) is 6.42 Å². The lowest BCUT2D eigenvalue weighted by molar-refractivity contribution is 0.155. The molecule has 0 aliphatic carbocycles. The molecule has 10 heavy (non-hydrogen) atoms. The zero-order chi connectivity index (χ0) is 8.15. The highest BCUT2D eigenvalue weighted by molar-refractivity contribution is 6.18. The minimum absolute atomic E-state index is 0.169. The van der Waals surface area contributed by atoms with E-state index in [1.165, 1.54) is 0 Å². The summed E-state index contributed by atoms with van der Waals surface area (Å²) >= 11 is 5.40. The van der Waals surface area contributed by atoms with E-state index in [1.807, 2.05) is 0 Å². The van der Waals surface area contributed by atoms with Gasteiger partial charge in [-0.2, -0.15) is 0 Å². The minimum atomic E-state index is -0.552. The van der Waals surface area contributed by atoms with E-state index in [1.54, 1.807) is 0 Å². The molecule has 2 atom stereocenters. The molecule has 0 aliphatic rings. The molecule has 2 nitrogen and oxygen atoms in total. The average molecular weight is 166 g/mol. The van der Waals surface area contributed by atoms with Gasteiger partial charge in [-0.05, 0) is 12.3 Å². The van der Waals surface area contributed by atoms with E-state index in [4.69, 9.17) is 22.4 Å². The summed E-state index contributed by atoms with van der Waals surface area (Å²) in [6.07, 6.45) is 0.275. The molecule has 0 saturated carbocycles. The van der Waals surface area contributed by atoms with Crippen LogP contribution in [0.1, 0.15) is 20.3 Å². The number of alkyl halides is 1. The molecule has 0 amide bonds. The summed E-state index contributed by atoms with van der Waals surface area (Å²) in [7, 11) is 0. The van der Waals surface area contributed by atoms with Gasteiger partial charge in [-0.3, -0.25) is 0 Å². The maximum Gasteiger partial charge on any atom is 0.0826 e. The Morgan fingerprint density at radius 3 is 2.30 bits per heavy atom. The van der Waals surface area contributed by atoms with Crippen LogP contribution in [0.15, 0.2) is 0 Å². The third kappa shape index (κ3) is 4.09. The van der Waals surface area contributed by atoms with Crippen LogP contribution in [0.4, 0.5) is 0 Å². The number of hydrogen-bond donors (Lipinski definition) is 2. The van der Waals surface area contributed by atoms with E-state index in [2.05, 4.69) is 13.8 Å². The molecule has 0 bridgehead atoms. The first kappa shape index (κ1) is 10.2. The normalized spacial score (nSPS) is 17.4. The molecule has 2 unspecified atom stereocenters. The lowest BCUT2D eigenvalue weighted by Crippen LogP contribution is -2.36. The highest BCUT2D eigenvalue weighted by Gasteiger charge is 2.13. The lowest BCUT2D eigenvalue weighted by Gasteiger charge is -2.17. The summed E-state index contributed by atoms with van der Waals surface area (Å²) in [5.41, 5.74) is 5.59. The minimum Gasteiger partial charge on any atom is -0.390 e. The Balaban J connectivity index is 3.50. The molecule has 0 aromatic rings. The summed E-state index contributed by atoms with van der Waals surface area (Å²) < 4.78 is 0. The van der Waals surface area contributed by atoms with E-state index < -0.39 is 6.10 Å². The van der Waals surface area contributed by atoms with Crippen LogP contribution in [0.25, 0.3) is 0 Å². The third-order valence-electron chi connectivity index (χ3n) is 1.40. The molecule has 0 aromatic heterocycles. The van der Waals surface area contributed by atoms with Crippen molar-refractivity contribution in [1.29, 1.82) is 0 Å². The number of aliphatic hydroxyl groups excluding tert-OH is 1. The summed E-state index contributed by atoms with van der Waals surface area (Å²) in [6.45, 7) is 4.14. The predicted molar refractivity (Wildman–Crippen MR) is 44.2 cm³/mol. The van der Waals surface area contributed by atoms with Gasteiger partial charge in [0.2, 0.25) is 0 Å². The number of rotatable bonds is 4. The Kier molecular flexibility index (Phi) is 5.04. The zero-order valence-electron chi connectivity index (χ0n) is 6.55. The van der Waals surface area contributed by atoms with Gasteiger partial charge < -0.3 is 10.8 Å². The highest BCUT2D eigenvalue weighted by atomic mass is 35.5. The van der Waals surface area contributed by atoms with Crippen molar-refractivity contribution in [3.8, 4) is 0 Å². The summed E-state index contributed by atoms with van der Waals surface area (Å²) in [5, 5.41) is 9.12. The highest BCUT2D eigenvalue weighted by Crippen LogP contribution is 2.06. The molecular formula is C7H16ClNO. The zero-order valence-corrected chi connectivity index (χ0v) is 7.30. The van der Waals surface area contributed by atoms with Gasteiger partial charge in [0, 0.05) is 11.9 Å². The molecule has 0 aliphatic heterocycles. The molecule has 0 radical (unpaired) electrons. The van der Waals surface area contributed by atoms with Crippen LogP contribution < -0.4 is 5.73 Å². The first-order valence-corrected chi connectivity index (χ1v) is 4.11. The Morgan fingerprint density at radius 2 is 2.00 bits per heavy atom. The molecule has 0 aromatic carbocycles. The van der Waals surface area contributed by atoms with Crippen molar-refractivity contribution in [3.05, 3.63) is 0 Å². The second-order valence-electron chi connectivity index (χ2n) is 3.02. The number of aliphatic hydroxyl groups is 1. The second-order valence-corrected chi connectivity index (χ2v) is 3.32. The molecule has 0 saturated heterocycles. The summed E-state index contributed by atoms with van der Waals surface area (Å²) in [6, 6.07) is -0.169. The quantitative estimate of drug-likeness (QED) is 0.610. The maximum atomic E-state index is 9.12. The first-order valence-electron chi connectivity index (χ1n) is 3.57. The van der Waals surface area contributed by atoms with Crippen LogP contribution in [0.2, 0.25) is 0 Å². The monoisotopic (exact) mass is 165 g/mol. The van der Waals surface area contributed by atoms with Crippen LogP contribution in [0.3, 0.4) is 0 Å². The molecule has 3 heteroatoms. The smallest absolute Gasteiger partial charge is 0.0826 e. The lowest BCUT2D eigenvalue weighted by atomic mass is 10.0. The van der Waals surface area contributed by atoms with Gasteiger partial charge in [-0.25, -0.2) is 0 Å². The van der Waals surface area contributed by atoms with Crippen molar-refractivity contribution in [2.45, 2.75) is 32.4 Å². The van der Waals surface area contributed by atoms with Gasteiger partial charge in [0.1, 0.15) is 0 Å². The third-order valence-corrected chi connectivity index (χ3v) is 1.71. The van der Waals surface area contributed by atoms with Gasteiger partial charge >= 0.3 is 0 Å². The van der Waals surface area contributed by atoms with Crippen molar-refractivity contribution >= 4 is 11.6 Å². The van der Waals surface area contributed by atoms with Gasteiger partial charge in [-0.15, -0.1) is 11.6 Å². The average Bonchev–Trinajstić information content (AvgIpc) is 1.85. The molecule has 0 fully saturated rings. The summed E-state index contributed by atoms with van der Waals surface area (Å²) in [4.78, 5) is 0. The number of hydrogen-bond acceptors (Lipinski definition) is 2. The van der Waals surface area contributed by atoms with Crippen molar-refractivity contribution < 1.29 is 5.11 Å². The maximum absolute atomic E-state index is 9.12. The van der Waals surface area contributed by atoms with Crippen molar-refractivity contribution in [2.24, 2.45) is 11.7 Å². The molecule has 62 valence electrons. The van der Waals surface area contributed by atoms with Crippen LogP contribution in [0, 0.1) is 5.92 Å². The second kappa shape index (κ2) is 4.94. The van der Waals surface area contributed by atoms with Gasteiger partial charge in [0.05, 0.1) is 6.10 Å². The fraction of sp³-hybridized carbons (Fsp3) is 1.00. The summed E-state index contributed by atoms with van der Waals surface area (Å²) in [5.74, 6) is 0.751. The van der Waals surface area contributed by atoms with Crippen LogP contribution in [-0.2, 0) is 0 Å². The topological polar surface area (TPSA) is 46.2 Å². The molecule has 3 N–H and O–H groups in total. The number of nitrogens with two attached hydrogens (primary N) is 1. The van der Waals surface area contributed by atoms with Gasteiger partial charge in [0.25, 0.3) is 0 Å². The van der Waals surface area contributed by atoms with Gasteiger partial charge in [-0.1, -0.05) is 13.8 Å². The fourth-order valence-electron chi connectivity index (χ4n) is 0.816. The predicted octanol–water partition coefficient (Wildman–Crippen LogP) is 0.959. The van der Waals surface area contributed by atoms with Crippen LogP contribution in [-0.4, -0.2) is 23.1 Å². The van der Waals surface area contributed by atoms with Crippen LogP contribution >= 0.6 is 11.6 Å². The Hall–Kier alpha value is 0.210. The van der Waals surface area contributed by atoms with Crippen molar-refractivity contribution in [3.63, 3.8) is 0 Å². The van der Waals surface area contributed by atoms with Crippen molar-refractivity contribution in [1.82, 2.24) is 0 Å².